The van der Waals surface area contributed by atoms with Crippen LogP contribution in [0.1, 0.15) is 5.56 Å². The third-order valence-corrected chi connectivity index (χ3v) is 4.06. The van der Waals surface area contributed by atoms with Crippen LogP contribution in [-0.4, -0.2) is 30.3 Å². The van der Waals surface area contributed by atoms with Gasteiger partial charge in [-0.15, -0.1) is 0 Å². The normalized spacial score (nSPS) is 10.9. The third kappa shape index (κ3) is 1.20. The van der Waals surface area contributed by atoms with Gasteiger partial charge in [-0.25, -0.2) is 0 Å². The van der Waals surface area contributed by atoms with E-state index in [1.54, 1.807) is 0 Å². The summed E-state index contributed by atoms with van der Waals surface area (Å²) in [4.78, 5) is 0. The van der Waals surface area contributed by atoms with E-state index >= 15 is 0 Å². The maximum absolute atomic E-state index is 2.29. The van der Waals surface area contributed by atoms with Crippen LogP contribution in [0.25, 0.3) is 10.9 Å². The number of benzene rings is 1. The maximum atomic E-state index is 2.29. The summed E-state index contributed by atoms with van der Waals surface area (Å²) in [6.45, 7) is 2.14. The quantitative estimate of drug-likeness (QED) is 0.631. The Morgan fingerprint density at radius 2 is 2.00 bits per heavy atom. The molecule has 1 aromatic heterocycles. The van der Waals surface area contributed by atoms with Crippen LogP contribution in [0.3, 0.4) is 0 Å². The van der Waals surface area contributed by atoms with Gasteiger partial charge in [-0.1, -0.05) is 0 Å². The van der Waals surface area contributed by atoms with Crippen molar-refractivity contribution in [2.24, 2.45) is 7.05 Å². The van der Waals surface area contributed by atoms with Crippen molar-refractivity contribution in [3.05, 3.63) is 29.8 Å². The van der Waals surface area contributed by atoms with Crippen molar-refractivity contribution in [2.45, 2.75) is 6.92 Å². The fraction of sp³-hybridized carbons (Fsp3) is 0.200. The summed E-state index contributed by atoms with van der Waals surface area (Å²) in [5, 5.41) is 1.38. The van der Waals surface area contributed by atoms with Gasteiger partial charge in [-0.3, -0.25) is 0 Å². The SMILES string of the molecule is Cc1ccc2c(c1)c[c]([Pb])n2C. The Bertz CT molecular complexity index is 429. The molecule has 0 bridgehead atoms. The number of nitrogens with zero attached hydrogens (tertiary/aromatic N) is 1. The Morgan fingerprint density at radius 1 is 1.25 bits per heavy atom. The zero-order valence-corrected chi connectivity index (χ0v) is 11.1. The third-order valence-electron chi connectivity index (χ3n) is 2.20. The number of aryl methyl sites for hydroxylation is 2. The molecule has 0 aliphatic rings. The second kappa shape index (κ2) is 2.87. The van der Waals surface area contributed by atoms with Crippen LogP contribution in [0.15, 0.2) is 24.3 Å². The molecule has 2 rings (SSSR count). The fourth-order valence-corrected chi connectivity index (χ4v) is 2.54. The molecule has 3 radical (unpaired) electrons. The van der Waals surface area contributed by atoms with E-state index in [0.717, 1.165) is 25.8 Å². The number of rotatable bonds is 0. The minimum atomic E-state index is 1.13. The van der Waals surface area contributed by atoms with Crippen LogP contribution in [0.4, 0.5) is 0 Å². The van der Waals surface area contributed by atoms with Gasteiger partial charge < -0.3 is 0 Å². The summed E-state index contributed by atoms with van der Waals surface area (Å²) in [7, 11) is 2.14. The topological polar surface area (TPSA) is 4.93 Å². The molecule has 0 saturated heterocycles. The van der Waals surface area contributed by atoms with Crippen molar-refractivity contribution >= 4 is 39.9 Å². The van der Waals surface area contributed by atoms with E-state index < -0.39 is 0 Å². The number of hydrogen-bond donors (Lipinski definition) is 0. The van der Waals surface area contributed by atoms with Crippen LogP contribution in [-0.2, 0) is 7.05 Å². The van der Waals surface area contributed by atoms with Crippen molar-refractivity contribution < 1.29 is 0 Å². The Kier molecular flexibility index (Phi) is 1.98. The van der Waals surface area contributed by atoms with Crippen molar-refractivity contribution in [3.8, 4) is 0 Å². The molecule has 0 fully saturated rings. The van der Waals surface area contributed by atoms with Crippen molar-refractivity contribution in [1.82, 2.24) is 4.57 Å². The molecular weight excluding hydrogens is 341 g/mol. The number of hydrogen-bond acceptors (Lipinski definition) is 0. The average molecular weight is 351 g/mol. The predicted octanol–water partition coefficient (Wildman–Crippen LogP) is 1.28. The number of fused-ring (bicyclic) bond motifs is 1. The zero-order valence-electron chi connectivity index (χ0n) is 7.26. The van der Waals surface area contributed by atoms with E-state index in [1.807, 2.05) is 0 Å². The van der Waals surface area contributed by atoms with Gasteiger partial charge in [0.2, 0.25) is 0 Å². The Morgan fingerprint density at radius 3 is 2.75 bits per heavy atom. The van der Waals surface area contributed by atoms with Gasteiger partial charge in [0, 0.05) is 0 Å². The molecule has 0 N–H and O–H groups in total. The van der Waals surface area contributed by atoms with Crippen molar-refractivity contribution in [2.75, 3.05) is 0 Å². The van der Waals surface area contributed by atoms with Crippen LogP contribution in [0.2, 0.25) is 0 Å². The Labute approximate surface area is 88.1 Å². The van der Waals surface area contributed by atoms with E-state index in [-0.39, 0.29) is 0 Å². The summed E-state index contributed by atoms with van der Waals surface area (Å²) in [5.74, 6) is 0. The molecule has 12 heavy (non-hydrogen) atoms. The van der Waals surface area contributed by atoms with Crippen molar-refractivity contribution in [1.29, 1.82) is 0 Å². The van der Waals surface area contributed by atoms with Crippen molar-refractivity contribution in [3.63, 3.8) is 0 Å². The van der Waals surface area contributed by atoms with Gasteiger partial charge in [0.1, 0.15) is 0 Å². The van der Waals surface area contributed by atoms with Gasteiger partial charge >= 0.3 is 88.3 Å². The molecule has 0 saturated carbocycles. The predicted molar refractivity (Wildman–Crippen MR) is 53.0 cm³/mol. The monoisotopic (exact) mass is 352 g/mol. The van der Waals surface area contributed by atoms with Crippen LogP contribution < -0.4 is 3.25 Å². The van der Waals surface area contributed by atoms with Gasteiger partial charge in [-0.2, -0.15) is 0 Å². The Hall–Kier alpha value is -0.318. The van der Waals surface area contributed by atoms with Crippen LogP contribution in [0.5, 0.6) is 0 Å². The Balaban J connectivity index is 2.87. The molecule has 1 aromatic carbocycles. The van der Waals surface area contributed by atoms with E-state index in [0.29, 0.717) is 0 Å². The molecule has 2 heteroatoms. The average Bonchev–Trinajstić information content (AvgIpc) is 2.28. The molecule has 1 nitrogen and oxygen atoms in total. The summed E-state index contributed by atoms with van der Waals surface area (Å²) in [6.07, 6.45) is 0. The molecule has 59 valence electrons. The van der Waals surface area contributed by atoms with E-state index in [2.05, 4.69) is 42.8 Å². The molecule has 0 atom stereocenters. The molecule has 1 heterocycles. The van der Waals surface area contributed by atoms with Gasteiger partial charge in [0.25, 0.3) is 0 Å². The van der Waals surface area contributed by atoms with E-state index in [1.165, 1.54) is 19.7 Å². The summed E-state index contributed by atoms with van der Waals surface area (Å²) >= 11 is 1.13. The summed E-state index contributed by atoms with van der Waals surface area (Å²) in [6, 6.07) is 8.90. The summed E-state index contributed by atoms with van der Waals surface area (Å²) in [5.41, 5.74) is 2.69. The first-order valence-electron chi connectivity index (χ1n) is 3.96. The molecule has 0 aliphatic heterocycles. The molecule has 0 spiro atoms. The first kappa shape index (κ1) is 8.29. The summed E-state index contributed by atoms with van der Waals surface area (Å²) < 4.78 is 3.73. The molecular formula is C10H10NPb. The first-order valence-corrected chi connectivity index (χ1v) is 5.90. The van der Waals surface area contributed by atoms with Gasteiger partial charge in [0.05, 0.1) is 0 Å². The van der Waals surface area contributed by atoms with Gasteiger partial charge in [0.15, 0.2) is 0 Å². The minimum absolute atomic E-state index is 1.13. The fourth-order valence-electron chi connectivity index (χ4n) is 1.47. The molecule has 0 aliphatic carbocycles. The first-order chi connectivity index (χ1) is 5.68. The zero-order chi connectivity index (χ0) is 8.72. The second-order valence-electron chi connectivity index (χ2n) is 3.15. The standard InChI is InChI=1S/C10H10N.Pb/c1-8-3-4-10-9(7-8)5-6-11(10)2;/h3-5,7H,1-2H3;. The second-order valence-corrected chi connectivity index (χ2v) is 5.14. The molecule has 0 unspecified atom stereocenters. The van der Waals surface area contributed by atoms with Gasteiger partial charge in [-0.05, 0) is 0 Å². The molecule has 0 amide bonds. The molecule has 2 aromatic rings. The van der Waals surface area contributed by atoms with Crippen LogP contribution in [0, 0.1) is 6.92 Å². The van der Waals surface area contributed by atoms with Crippen LogP contribution >= 0.6 is 0 Å². The van der Waals surface area contributed by atoms with E-state index in [9.17, 15) is 0 Å². The number of aromatic nitrogens is 1. The van der Waals surface area contributed by atoms with E-state index in [4.69, 9.17) is 0 Å².